The standard InChI is InChI=1S/C7H9N3O/c1-5-4-10-3-2-8-6(5)9-7(10)11/h4H,2-3H2,1H3,(H,8,9,11). The molecule has 0 atom stereocenters. The Morgan fingerprint density at radius 2 is 2.55 bits per heavy atom. The number of rotatable bonds is 0. The van der Waals surface area contributed by atoms with E-state index in [1.165, 1.54) is 0 Å². The molecule has 3 heterocycles. The fourth-order valence-electron chi connectivity index (χ4n) is 1.23. The highest BCUT2D eigenvalue weighted by molar-refractivity contribution is 5.42. The summed E-state index contributed by atoms with van der Waals surface area (Å²) in [5.41, 5.74) is 0.873. The highest BCUT2D eigenvalue weighted by atomic mass is 16.1. The van der Waals surface area contributed by atoms with Crippen LogP contribution in [-0.4, -0.2) is 16.1 Å². The van der Waals surface area contributed by atoms with Crippen LogP contribution in [0.3, 0.4) is 0 Å². The van der Waals surface area contributed by atoms with E-state index in [0.717, 1.165) is 17.9 Å². The summed E-state index contributed by atoms with van der Waals surface area (Å²) in [6.45, 7) is 3.44. The molecule has 0 saturated heterocycles. The third-order valence-electron chi connectivity index (χ3n) is 1.82. The number of nitrogens with zero attached hydrogens (tertiary/aromatic N) is 2. The van der Waals surface area contributed by atoms with Crippen LogP contribution in [0.4, 0.5) is 5.82 Å². The Balaban J connectivity index is 2.74. The summed E-state index contributed by atoms with van der Waals surface area (Å²) in [7, 11) is 0. The second-order valence-corrected chi connectivity index (χ2v) is 2.68. The van der Waals surface area contributed by atoms with E-state index in [-0.39, 0.29) is 5.69 Å². The zero-order valence-corrected chi connectivity index (χ0v) is 6.29. The van der Waals surface area contributed by atoms with Gasteiger partial charge in [0, 0.05) is 24.8 Å². The molecule has 2 bridgehead atoms. The third-order valence-corrected chi connectivity index (χ3v) is 1.82. The highest BCUT2D eigenvalue weighted by Gasteiger charge is 2.08. The normalized spacial score (nSPS) is 14.3. The zero-order valence-electron chi connectivity index (χ0n) is 6.29. The van der Waals surface area contributed by atoms with Gasteiger partial charge >= 0.3 is 5.69 Å². The Morgan fingerprint density at radius 3 is 3.36 bits per heavy atom. The lowest BCUT2D eigenvalue weighted by molar-refractivity contribution is 0.696. The van der Waals surface area contributed by atoms with Crippen LogP contribution in [0.1, 0.15) is 5.56 Å². The Bertz CT molecular complexity index is 342. The van der Waals surface area contributed by atoms with Gasteiger partial charge in [0.25, 0.3) is 0 Å². The van der Waals surface area contributed by atoms with Crippen molar-refractivity contribution in [1.82, 2.24) is 9.55 Å². The van der Waals surface area contributed by atoms with E-state index >= 15 is 0 Å². The zero-order chi connectivity index (χ0) is 7.84. The number of fused-ring (bicyclic) bond motifs is 4. The minimum atomic E-state index is -0.157. The molecule has 0 aromatic carbocycles. The van der Waals surface area contributed by atoms with Gasteiger partial charge < -0.3 is 5.32 Å². The summed E-state index contributed by atoms with van der Waals surface area (Å²) in [5.74, 6) is 0.726. The quantitative estimate of drug-likeness (QED) is 0.566. The number of hydrogen-bond acceptors (Lipinski definition) is 3. The Labute approximate surface area is 63.9 Å². The maximum Gasteiger partial charge on any atom is 0.349 e. The topological polar surface area (TPSA) is 46.9 Å². The predicted octanol–water partition coefficient (Wildman–Crippen LogP) is -0.0228. The van der Waals surface area contributed by atoms with Crippen molar-refractivity contribution < 1.29 is 0 Å². The van der Waals surface area contributed by atoms with Crippen molar-refractivity contribution in [2.24, 2.45) is 0 Å². The summed E-state index contributed by atoms with van der Waals surface area (Å²) in [6, 6.07) is 0. The Kier molecular flexibility index (Phi) is 1.21. The number of aromatic nitrogens is 2. The molecule has 2 aliphatic rings. The molecule has 2 aliphatic heterocycles. The maximum atomic E-state index is 11.1. The second-order valence-electron chi connectivity index (χ2n) is 2.68. The SMILES string of the molecule is Cc1cn2c(=O)nc1NCC2. The molecule has 3 rings (SSSR count). The van der Waals surface area contributed by atoms with Crippen molar-refractivity contribution in [2.75, 3.05) is 11.9 Å². The van der Waals surface area contributed by atoms with Gasteiger partial charge in [-0.1, -0.05) is 0 Å². The average Bonchev–Trinajstić information content (AvgIpc) is 2.21. The van der Waals surface area contributed by atoms with Gasteiger partial charge in [-0.05, 0) is 6.92 Å². The van der Waals surface area contributed by atoms with E-state index in [4.69, 9.17) is 0 Å². The van der Waals surface area contributed by atoms with Gasteiger partial charge in [0.1, 0.15) is 5.82 Å². The van der Waals surface area contributed by atoms with E-state index in [9.17, 15) is 4.79 Å². The molecule has 11 heavy (non-hydrogen) atoms. The van der Waals surface area contributed by atoms with Crippen LogP contribution in [0.5, 0.6) is 0 Å². The maximum absolute atomic E-state index is 11.1. The van der Waals surface area contributed by atoms with Crippen LogP contribution in [0.25, 0.3) is 0 Å². The summed E-state index contributed by atoms with van der Waals surface area (Å²) in [5, 5.41) is 3.07. The molecule has 4 nitrogen and oxygen atoms in total. The van der Waals surface area contributed by atoms with Gasteiger partial charge in [-0.25, -0.2) is 4.79 Å². The minimum absolute atomic E-state index is 0.157. The summed E-state index contributed by atoms with van der Waals surface area (Å²) in [4.78, 5) is 14.9. The number of hydrogen-bond donors (Lipinski definition) is 1. The molecule has 0 aliphatic carbocycles. The van der Waals surface area contributed by atoms with E-state index in [1.54, 1.807) is 4.57 Å². The lowest BCUT2D eigenvalue weighted by Gasteiger charge is -1.99. The van der Waals surface area contributed by atoms with E-state index in [1.807, 2.05) is 13.1 Å². The van der Waals surface area contributed by atoms with Crippen molar-refractivity contribution in [3.05, 3.63) is 22.2 Å². The first kappa shape index (κ1) is 6.39. The molecule has 0 unspecified atom stereocenters. The van der Waals surface area contributed by atoms with Crippen LogP contribution in [0.15, 0.2) is 11.0 Å². The van der Waals surface area contributed by atoms with Gasteiger partial charge in [-0.3, -0.25) is 4.57 Å². The van der Waals surface area contributed by atoms with Gasteiger partial charge in [-0.2, -0.15) is 4.98 Å². The van der Waals surface area contributed by atoms with Crippen molar-refractivity contribution in [3.63, 3.8) is 0 Å². The van der Waals surface area contributed by atoms with Gasteiger partial charge in [0.2, 0.25) is 0 Å². The largest absolute Gasteiger partial charge is 0.368 e. The predicted molar refractivity (Wildman–Crippen MR) is 41.7 cm³/mol. The summed E-state index contributed by atoms with van der Waals surface area (Å²) >= 11 is 0. The van der Waals surface area contributed by atoms with Crippen molar-refractivity contribution >= 4 is 5.82 Å². The lowest BCUT2D eigenvalue weighted by atomic mass is 10.3. The average molecular weight is 151 g/mol. The lowest BCUT2D eigenvalue weighted by Crippen LogP contribution is -2.21. The van der Waals surface area contributed by atoms with Crippen molar-refractivity contribution in [2.45, 2.75) is 13.5 Å². The molecule has 58 valence electrons. The summed E-state index contributed by atoms with van der Waals surface area (Å²) < 4.78 is 1.62. The third kappa shape index (κ3) is 0.906. The number of aryl methyl sites for hydroxylation is 1. The summed E-state index contributed by atoms with van der Waals surface area (Å²) in [6.07, 6.45) is 1.84. The van der Waals surface area contributed by atoms with Crippen LogP contribution < -0.4 is 11.0 Å². The van der Waals surface area contributed by atoms with Gasteiger partial charge in [0.05, 0.1) is 0 Å². The van der Waals surface area contributed by atoms with E-state index in [0.29, 0.717) is 6.54 Å². The monoisotopic (exact) mass is 151 g/mol. The first-order valence-corrected chi connectivity index (χ1v) is 3.59. The van der Waals surface area contributed by atoms with Crippen LogP contribution in [0, 0.1) is 6.92 Å². The molecular formula is C7H9N3O. The Morgan fingerprint density at radius 1 is 1.73 bits per heavy atom. The second kappa shape index (κ2) is 2.08. The smallest absolute Gasteiger partial charge is 0.349 e. The van der Waals surface area contributed by atoms with E-state index in [2.05, 4.69) is 10.3 Å². The molecular weight excluding hydrogens is 142 g/mol. The van der Waals surface area contributed by atoms with Crippen LogP contribution in [-0.2, 0) is 6.54 Å². The molecule has 1 N–H and O–H groups in total. The molecule has 0 spiro atoms. The molecule has 0 amide bonds. The molecule has 0 fully saturated rings. The fraction of sp³-hybridized carbons (Fsp3) is 0.429. The van der Waals surface area contributed by atoms with Crippen LogP contribution >= 0.6 is 0 Å². The van der Waals surface area contributed by atoms with E-state index < -0.39 is 0 Å². The molecule has 0 saturated carbocycles. The molecule has 4 heteroatoms. The number of nitrogens with one attached hydrogen (secondary N) is 1. The van der Waals surface area contributed by atoms with Crippen molar-refractivity contribution in [3.8, 4) is 0 Å². The first-order chi connectivity index (χ1) is 5.27. The van der Waals surface area contributed by atoms with Crippen LogP contribution in [0.2, 0.25) is 0 Å². The molecule has 1 aromatic heterocycles. The minimum Gasteiger partial charge on any atom is -0.368 e. The first-order valence-electron chi connectivity index (χ1n) is 3.59. The van der Waals surface area contributed by atoms with Gasteiger partial charge in [0.15, 0.2) is 0 Å². The van der Waals surface area contributed by atoms with Gasteiger partial charge in [-0.15, -0.1) is 0 Å². The highest BCUT2D eigenvalue weighted by Crippen LogP contribution is 2.09. The molecule has 0 radical (unpaired) electrons. The Hall–Kier alpha value is -1.32. The van der Waals surface area contributed by atoms with Crippen molar-refractivity contribution in [1.29, 1.82) is 0 Å². The molecule has 1 aromatic rings. The fourth-order valence-corrected chi connectivity index (χ4v) is 1.23. The number of anilines is 1.